The molecular formula is C17H18N6O2. The molecule has 0 atom stereocenters. The highest BCUT2D eigenvalue weighted by Crippen LogP contribution is 2.29. The van der Waals surface area contributed by atoms with Gasteiger partial charge in [-0.05, 0) is 31.9 Å². The Kier molecular flexibility index (Phi) is 4.01. The van der Waals surface area contributed by atoms with Crippen molar-refractivity contribution in [2.75, 3.05) is 24.6 Å². The van der Waals surface area contributed by atoms with Crippen molar-refractivity contribution in [2.45, 2.75) is 19.8 Å². The summed E-state index contributed by atoms with van der Waals surface area (Å²) in [6.45, 7) is 4.07. The van der Waals surface area contributed by atoms with Gasteiger partial charge in [0.25, 0.3) is 5.78 Å². The average molecular weight is 338 g/mol. The molecule has 0 fully saturated rings. The zero-order valence-corrected chi connectivity index (χ0v) is 13.9. The molecule has 0 aliphatic carbocycles. The van der Waals surface area contributed by atoms with Crippen LogP contribution in [0.4, 0.5) is 5.82 Å². The van der Waals surface area contributed by atoms with E-state index in [4.69, 9.17) is 4.74 Å². The Morgan fingerprint density at radius 3 is 3.16 bits per heavy atom. The minimum absolute atomic E-state index is 0.339. The minimum Gasteiger partial charge on any atom is -0.462 e. The van der Waals surface area contributed by atoms with Crippen molar-refractivity contribution in [3.05, 3.63) is 47.7 Å². The van der Waals surface area contributed by atoms with Gasteiger partial charge in [-0.3, -0.25) is 4.98 Å². The molecule has 0 saturated carbocycles. The molecule has 4 heterocycles. The smallest absolute Gasteiger partial charge is 0.339 e. The van der Waals surface area contributed by atoms with E-state index in [-0.39, 0.29) is 5.97 Å². The molecule has 0 amide bonds. The van der Waals surface area contributed by atoms with Crippen molar-refractivity contribution in [2.24, 2.45) is 0 Å². The van der Waals surface area contributed by atoms with Crippen LogP contribution in [0.25, 0.3) is 5.78 Å². The second-order valence-electron chi connectivity index (χ2n) is 5.94. The van der Waals surface area contributed by atoms with Crippen molar-refractivity contribution < 1.29 is 9.53 Å². The van der Waals surface area contributed by atoms with Gasteiger partial charge in [0.2, 0.25) is 0 Å². The number of carbonyl (C=O) groups excluding carboxylic acids is 1. The van der Waals surface area contributed by atoms with Crippen molar-refractivity contribution in [1.29, 1.82) is 0 Å². The molecule has 128 valence electrons. The summed E-state index contributed by atoms with van der Waals surface area (Å²) in [5, 5.41) is 4.29. The summed E-state index contributed by atoms with van der Waals surface area (Å²) in [6, 6.07) is 3.42. The number of rotatable bonds is 5. The number of carbonyl (C=O) groups is 1. The number of fused-ring (bicyclic) bond motifs is 3. The monoisotopic (exact) mass is 338 g/mol. The standard InChI is InChI=1S/C17H18N6O2/c1-12-14-5-8-22(15(14)23-17(21-12)19-11-20-23)7-3-9-25-16(24)13-4-2-6-18-10-13/h2,4,6,10-11H,3,5,7-9H2,1H3. The van der Waals surface area contributed by atoms with Gasteiger partial charge in [-0.2, -0.15) is 14.6 Å². The number of aryl methyl sites for hydroxylation is 1. The fourth-order valence-electron chi connectivity index (χ4n) is 3.14. The molecule has 25 heavy (non-hydrogen) atoms. The van der Waals surface area contributed by atoms with Crippen molar-refractivity contribution in [1.82, 2.24) is 24.6 Å². The van der Waals surface area contributed by atoms with Crippen LogP contribution in [0.2, 0.25) is 0 Å². The normalized spacial score (nSPS) is 13.2. The molecule has 0 aromatic carbocycles. The van der Waals surface area contributed by atoms with Gasteiger partial charge in [0, 0.05) is 36.7 Å². The number of hydrogen-bond acceptors (Lipinski definition) is 7. The molecule has 0 bridgehead atoms. The predicted molar refractivity (Wildman–Crippen MR) is 90.6 cm³/mol. The van der Waals surface area contributed by atoms with E-state index < -0.39 is 0 Å². The van der Waals surface area contributed by atoms with E-state index in [1.54, 1.807) is 22.8 Å². The third kappa shape index (κ3) is 2.90. The van der Waals surface area contributed by atoms with Crippen LogP contribution in [0.3, 0.4) is 0 Å². The Morgan fingerprint density at radius 1 is 1.40 bits per heavy atom. The SMILES string of the molecule is Cc1nc2ncnn2c2c1CCN2CCCOC(=O)c1cccnc1. The molecule has 1 aliphatic heterocycles. The zero-order valence-electron chi connectivity index (χ0n) is 13.9. The predicted octanol–water partition coefficient (Wildman–Crippen LogP) is 1.44. The van der Waals surface area contributed by atoms with Gasteiger partial charge >= 0.3 is 5.97 Å². The van der Waals surface area contributed by atoms with Crippen LogP contribution in [-0.2, 0) is 11.2 Å². The van der Waals surface area contributed by atoms with Crippen LogP contribution >= 0.6 is 0 Å². The van der Waals surface area contributed by atoms with E-state index in [9.17, 15) is 4.79 Å². The first-order chi connectivity index (χ1) is 12.2. The lowest BCUT2D eigenvalue weighted by molar-refractivity contribution is 0.0502. The van der Waals surface area contributed by atoms with Gasteiger partial charge in [0.15, 0.2) is 0 Å². The first-order valence-electron chi connectivity index (χ1n) is 8.25. The Morgan fingerprint density at radius 2 is 2.32 bits per heavy atom. The van der Waals surface area contributed by atoms with Crippen LogP contribution in [0, 0.1) is 6.92 Å². The zero-order chi connectivity index (χ0) is 17.2. The largest absolute Gasteiger partial charge is 0.462 e. The molecule has 0 N–H and O–H groups in total. The van der Waals surface area contributed by atoms with Crippen LogP contribution in [0.5, 0.6) is 0 Å². The fourth-order valence-corrected chi connectivity index (χ4v) is 3.14. The highest BCUT2D eigenvalue weighted by molar-refractivity contribution is 5.88. The molecule has 3 aromatic heterocycles. The highest BCUT2D eigenvalue weighted by atomic mass is 16.5. The lowest BCUT2D eigenvalue weighted by atomic mass is 10.2. The summed E-state index contributed by atoms with van der Waals surface area (Å²) in [7, 11) is 0. The van der Waals surface area contributed by atoms with Crippen LogP contribution in [0.1, 0.15) is 28.0 Å². The molecule has 3 aromatic rings. The number of pyridine rings is 1. The fraction of sp³-hybridized carbons (Fsp3) is 0.353. The molecule has 8 nitrogen and oxygen atoms in total. The van der Waals surface area contributed by atoms with Gasteiger partial charge in [-0.1, -0.05) is 0 Å². The van der Waals surface area contributed by atoms with E-state index in [2.05, 4.69) is 25.0 Å². The van der Waals surface area contributed by atoms with Crippen molar-refractivity contribution >= 4 is 17.6 Å². The number of ether oxygens (including phenoxy) is 1. The topological polar surface area (TPSA) is 85.5 Å². The van der Waals surface area contributed by atoms with Gasteiger partial charge < -0.3 is 9.64 Å². The Hall–Kier alpha value is -3.03. The van der Waals surface area contributed by atoms with E-state index in [1.807, 2.05) is 6.92 Å². The number of nitrogens with zero attached hydrogens (tertiary/aromatic N) is 6. The van der Waals surface area contributed by atoms with E-state index in [1.165, 1.54) is 18.1 Å². The first kappa shape index (κ1) is 15.5. The summed E-state index contributed by atoms with van der Waals surface area (Å²) in [6.07, 6.45) is 6.34. The molecule has 0 radical (unpaired) electrons. The van der Waals surface area contributed by atoms with Crippen molar-refractivity contribution in [3.8, 4) is 0 Å². The molecular weight excluding hydrogens is 320 g/mol. The number of hydrogen-bond donors (Lipinski definition) is 0. The van der Waals surface area contributed by atoms with Gasteiger partial charge in [0.05, 0.1) is 12.2 Å². The lowest BCUT2D eigenvalue weighted by Gasteiger charge is -2.19. The Labute approximate surface area is 144 Å². The Bertz CT molecular complexity index is 908. The Balaban J connectivity index is 1.39. The summed E-state index contributed by atoms with van der Waals surface area (Å²) in [4.78, 5) is 26.8. The minimum atomic E-state index is -0.339. The van der Waals surface area contributed by atoms with Crippen LogP contribution in [0.15, 0.2) is 30.9 Å². The maximum Gasteiger partial charge on any atom is 0.339 e. The number of aromatic nitrogens is 5. The summed E-state index contributed by atoms with van der Waals surface area (Å²) in [5.41, 5.74) is 2.69. The summed E-state index contributed by atoms with van der Waals surface area (Å²) < 4.78 is 7.11. The second-order valence-corrected chi connectivity index (χ2v) is 5.94. The molecule has 0 spiro atoms. The number of esters is 1. The van der Waals surface area contributed by atoms with Gasteiger partial charge in [-0.25, -0.2) is 9.78 Å². The van der Waals surface area contributed by atoms with Crippen molar-refractivity contribution in [3.63, 3.8) is 0 Å². The van der Waals surface area contributed by atoms with Crippen LogP contribution < -0.4 is 4.90 Å². The molecule has 1 aliphatic rings. The molecule has 0 unspecified atom stereocenters. The summed E-state index contributed by atoms with van der Waals surface area (Å²) >= 11 is 0. The maximum absolute atomic E-state index is 11.9. The molecule has 4 rings (SSSR count). The summed E-state index contributed by atoms with van der Waals surface area (Å²) in [5.74, 6) is 1.33. The first-order valence-corrected chi connectivity index (χ1v) is 8.25. The third-order valence-electron chi connectivity index (χ3n) is 4.34. The maximum atomic E-state index is 11.9. The lowest BCUT2D eigenvalue weighted by Crippen LogP contribution is -2.25. The van der Waals surface area contributed by atoms with Gasteiger partial charge in [-0.15, -0.1) is 0 Å². The van der Waals surface area contributed by atoms with E-state index in [0.717, 1.165) is 37.4 Å². The van der Waals surface area contributed by atoms with Gasteiger partial charge in [0.1, 0.15) is 12.1 Å². The second kappa shape index (κ2) is 6.46. The van der Waals surface area contributed by atoms with E-state index >= 15 is 0 Å². The third-order valence-corrected chi connectivity index (χ3v) is 4.34. The average Bonchev–Trinajstić information content (AvgIpc) is 3.26. The quantitative estimate of drug-likeness (QED) is 0.514. The number of anilines is 1. The van der Waals surface area contributed by atoms with E-state index in [0.29, 0.717) is 17.9 Å². The molecule has 8 heteroatoms. The van der Waals surface area contributed by atoms with Crippen LogP contribution in [-0.4, -0.2) is 50.2 Å². The highest BCUT2D eigenvalue weighted by Gasteiger charge is 2.25. The molecule has 0 saturated heterocycles.